The van der Waals surface area contributed by atoms with E-state index in [2.05, 4.69) is 47.6 Å². The number of nitrogens with zero attached hydrogens (tertiary/aromatic N) is 3. The summed E-state index contributed by atoms with van der Waals surface area (Å²) in [6.07, 6.45) is -1.17. The van der Waals surface area contributed by atoms with Crippen molar-refractivity contribution in [2.45, 2.75) is 59.4 Å². The van der Waals surface area contributed by atoms with Crippen molar-refractivity contribution in [1.29, 1.82) is 0 Å². The highest BCUT2D eigenvalue weighted by atomic mass is 19.4. The third-order valence-corrected chi connectivity index (χ3v) is 6.69. The molecule has 2 aliphatic rings. The number of halogens is 3. The fourth-order valence-corrected chi connectivity index (χ4v) is 4.64. The van der Waals surface area contributed by atoms with Crippen LogP contribution in [0.5, 0.6) is 5.75 Å². The first-order chi connectivity index (χ1) is 20.1. The van der Waals surface area contributed by atoms with Crippen LogP contribution < -0.4 is 10.5 Å². The number of methoxy groups -OCH3 is 1. The lowest BCUT2D eigenvalue weighted by molar-refractivity contribution is -0.149. The van der Waals surface area contributed by atoms with Gasteiger partial charge in [-0.3, -0.25) is 14.7 Å². The molecule has 2 fully saturated rings. The van der Waals surface area contributed by atoms with Crippen LogP contribution in [0, 0.1) is 6.92 Å². The molecule has 2 aromatic rings. The second-order valence-corrected chi connectivity index (χ2v) is 10.3. The molecule has 2 heterocycles. The zero-order chi connectivity index (χ0) is 31.4. The number of aryl methyl sites for hydroxylation is 1. The minimum absolute atomic E-state index is 0.0203. The largest absolute Gasteiger partial charge is 0.490 e. The molecule has 0 aliphatic carbocycles. The molecular formula is C33H53F3N4O2. The van der Waals surface area contributed by atoms with Gasteiger partial charge in [-0.25, -0.2) is 0 Å². The summed E-state index contributed by atoms with van der Waals surface area (Å²) in [5, 5.41) is 0. The average Bonchev–Trinajstić information content (AvgIpc) is 2.96. The van der Waals surface area contributed by atoms with E-state index in [0.29, 0.717) is 37.4 Å². The number of rotatable bonds is 8. The number of allylic oxidation sites excluding steroid dienone is 1. The van der Waals surface area contributed by atoms with Crippen LogP contribution in [-0.2, 0) is 11.3 Å². The summed E-state index contributed by atoms with van der Waals surface area (Å²) in [6, 6.07) is 15.9. The van der Waals surface area contributed by atoms with Gasteiger partial charge in [0.25, 0.3) is 0 Å². The normalized spacial score (nSPS) is 16.6. The molecule has 0 radical (unpaired) electrons. The van der Waals surface area contributed by atoms with Gasteiger partial charge in [-0.05, 0) is 56.5 Å². The highest BCUT2D eigenvalue weighted by Gasteiger charge is 2.32. The van der Waals surface area contributed by atoms with Crippen LogP contribution in [0.3, 0.4) is 0 Å². The van der Waals surface area contributed by atoms with E-state index in [1.807, 2.05) is 20.8 Å². The maximum atomic E-state index is 12.2. The molecule has 2 aromatic carbocycles. The lowest BCUT2D eigenvalue weighted by Gasteiger charge is -2.34. The first-order valence-corrected chi connectivity index (χ1v) is 15.0. The summed E-state index contributed by atoms with van der Waals surface area (Å²) in [6.45, 7) is 19.1. The number of ether oxygens (including phenoxy) is 2. The summed E-state index contributed by atoms with van der Waals surface area (Å²) < 4.78 is 47.6. The fourth-order valence-electron chi connectivity index (χ4n) is 4.64. The molecule has 4 rings (SSSR count). The Hall–Kier alpha value is -2.59. The van der Waals surface area contributed by atoms with Crippen molar-refractivity contribution in [2.24, 2.45) is 0 Å². The van der Waals surface area contributed by atoms with Gasteiger partial charge in [-0.15, -0.1) is 6.58 Å². The van der Waals surface area contributed by atoms with Gasteiger partial charge in [0.2, 0.25) is 0 Å². The standard InChI is InChI=1S/C15H24N2O.C13H17F3N2O.C3H6.C2H6/c1-14-4-3-5-15(12-14)13-17-8-6-16(7-9-17)10-11-18-2;14-13(15,16)9-18-7-5-12(6-8-18)19-11-3-1-10(17)2-4-11;1-3-2;1-2/h3-5,12H,6-11,13H2,1-2H3;1-4,12H,5-9,17H2;3H,1H2,2H3;1-2H3. The predicted octanol–water partition coefficient (Wildman–Crippen LogP) is 6.65. The maximum absolute atomic E-state index is 12.2. The molecule has 9 heteroatoms. The third kappa shape index (κ3) is 16.8. The zero-order valence-electron chi connectivity index (χ0n) is 26.3. The Morgan fingerprint density at radius 1 is 0.929 bits per heavy atom. The molecule has 0 atom stereocenters. The minimum atomic E-state index is -4.12. The molecule has 0 saturated carbocycles. The second-order valence-electron chi connectivity index (χ2n) is 10.3. The van der Waals surface area contributed by atoms with Crippen LogP contribution in [-0.4, -0.2) is 93.1 Å². The first kappa shape index (κ1) is 37.4. The lowest BCUT2D eigenvalue weighted by atomic mass is 10.1. The van der Waals surface area contributed by atoms with Crippen molar-refractivity contribution in [3.63, 3.8) is 0 Å². The number of likely N-dealkylation sites (tertiary alicyclic amines) is 1. The van der Waals surface area contributed by atoms with Crippen molar-refractivity contribution >= 4 is 5.69 Å². The monoisotopic (exact) mass is 594 g/mol. The summed E-state index contributed by atoms with van der Waals surface area (Å²) in [5.41, 5.74) is 9.01. The van der Waals surface area contributed by atoms with Gasteiger partial charge in [-0.1, -0.05) is 49.8 Å². The maximum Gasteiger partial charge on any atom is 0.401 e. The highest BCUT2D eigenvalue weighted by Crippen LogP contribution is 2.23. The van der Waals surface area contributed by atoms with E-state index < -0.39 is 12.7 Å². The molecule has 0 bridgehead atoms. The molecule has 0 amide bonds. The number of piperidine rings is 1. The van der Waals surface area contributed by atoms with Gasteiger partial charge >= 0.3 is 6.18 Å². The van der Waals surface area contributed by atoms with E-state index in [9.17, 15) is 13.2 Å². The highest BCUT2D eigenvalue weighted by molar-refractivity contribution is 5.41. The van der Waals surface area contributed by atoms with Gasteiger partial charge < -0.3 is 15.2 Å². The number of hydrogen-bond acceptors (Lipinski definition) is 6. The number of hydrogen-bond donors (Lipinski definition) is 1. The summed E-state index contributed by atoms with van der Waals surface area (Å²) in [7, 11) is 1.77. The van der Waals surface area contributed by atoms with Gasteiger partial charge in [-0.2, -0.15) is 13.2 Å². The molecule has 42 heavy (non-hydrogen) atoms. The zero-order valence-corrected chi connectivity index (χ0v) is 26.3. The average molecular weight is 595 g/mol. The summed E-state index contributed by atoms with van der Waals surface area (Å²) in [4.78, 5) is 6.44. The van der Waals surface area contributed by atoms with Crippen LogP contribution in [0.15, 0.2) is 61.2 Å². The topological polar surface area (TPSA) is 54.2 Å². The molecule has 2 N–H and O–H groups in total. The molecule has 2 aliphatic heterocycles. The van der Waals surface area contributed by atoms with Crippen LogP contribution in [0.2, 0.25) is 0 Å². The van der Waals surface area contributed by atoms with E-state index in [1.165, 1.54) is 16.0 Å². The third-order valence-electron chi connectivity index (χ3n) is 6.69. The summed E-state index contributed by atoms with van der Waals surface area (Å²) >= 11 is 0. The molecular weight excluding hydrogens is 541 g/mol. The van der Waals surface area contributed by atoms with Crippen molar-refractivity contribution in [3.8, 4) is 5.75 Å². The van der Waals surface area contributed by atoms with Crippen LogP contribution >= 0.6 is 0 Å². The van der Waals surface area contributed by atoms with Crippen LogP contribution in [0.25, 0.3) is 0 Å². The van der Waals surface area contributed by atoms with Crippen LogP contribution in [0.4, 0.5) is 18.9 Å². The molecule has 0 spiro atoms. The van der Waals surface area contributed by atoms with Gasteiger partial charge in [0.05, 0.1) is 13.2 Å². The molecule has 2 saturated heterocycles. The Labute approximate surface area is 252 Å². The fraction of sp³-hybridized carbons (Fsp3) is 0.576. The number of alkyl halides is 3. The Balaban J connectivity index is 0.000000365. The minimum Gasteiger partial charge on any atom is -0.490 e. The number of anilines is 1. The van der Waals surface area contributed by atoms with Crippen molar-refractivity contribution in [1.82, 2.24) is 14.7 Å². The Morgan fingerprint density at radius 3 is 2.02 bits per heavy atom. The summed E-state index contributed by atoms with van der Waals surface area (Å²) in [5.74, 6) is 0.712. The van der Waals surface area contributed by atoms with Crippen molar-refractivity contribution in [3.05, 3.63) is 72.3 Å². The molecule has 238 valence electrons. The molecule has 0 unspecified atom stereocenters. The number of nitrogen functional groups attached to an aromatic ring is 1. The molecule has 6 nitrogen and oxygen atoms in total. The SMILES string of the molecule is C=CC.CC.COCCN1CCN(Cc2cccc(C)c2)CC1.Nc1ccc(OC2CCN(CC(F)(F)F)CC2)cc1. The number of piperazine rings is 1. The van der Waals surface area contributed by atoms with E-state index >= 15 is 0 Å². The van der Waals surface area contributed by atoms with E-state index in [1.54, 1.807) is 37.5 Å². The van der Waals surface area contributed by atoms with E-state index in [-0.39, 0.29) is 6.10 Å². The van der Waals surface area contributed by atoms with Gasteiger partial charge in [0, 0.05) is 65.2 Å². The second kappa shape index (κ2) is 21.2. The predicted molar refractivity (Wildman–Crippen MR) is 169 cm³/mol. The van der Waals surface area contributed by atoms with Gasteiger partial charge in [0.1, 0.15) is 11.9 Å². The Morgan fingerprint density at radius 2 is 1.50 bits per heavy atom. The first-order valence-electron chi connectivity index (χ1n) is 15.0. The van der Waals surface area contributed by atoms with Crippen molar-refractivity contribution in [2.75, 3.05) is 71.8 Å². The number of nitrogens with two attached hydrogens (primary N) is 1. The molecule has 0 aromatic heterocycles. The Bertz CT molecular complexity index is 957. The smallest absolute Gasteiger partial charge is 0.401 e. The van der Waals surface area contributed by atoms with Crippen molar-refractivity contribution < 1.29 is 22.6 Å². The van der Waals surface area contributed by atoms with Crippen LogP contribution in [0.1, 0.15) is 44.7 Å². The van der Waals surface area contributed by atoms with Gasteiger partial charge in [0.15, 0.2) is 0 Å². The van der Waals surface area contributed by atoms with E-state index in [4.69, 9.17) is 15.2 Å². The lowest BCUT2D eigenvalue weighted by Crippen LogP contribution is -2.46. The van der Waals surface area contributed by atoms with E-state index in [0.717, 1.165) is 45.9 Å². The quantitative estimate of drug-likeness (QED) is 0.273. The Kier molecular flexibility index (Phi) is 18.9. The number of benzene rings is 2.